The van der Waals surface area contributed by atoms with E-state index in [2.05, 4.69) is 5.32 Å². The van der Waals surface area contributed by atoms with Gasteiger partial charge in [0.05, 0.1) is 11.3 Å². The van der Waals surface area contributed by atoms with Gasteiger partial charge >= 0.3 is 0 Å². The second-order valence-corrected chi connectivity index (χ2v) is 5.48. The third-order valence-corrected chi connectivity index (χ3v) is 3.33. The van der Waals surface area contributed by atoms with Crippen molar-refractivity contribution in [1.29, 1.82) is 0 Å². The van der Waals surface area contributed by atoms with Crippen LogP contribution in [0.15, 0.2) is 42.5 Å². The Morgan fingerprint density at radius 1 is 1.09 bits per heavy atom. The van der Waals surface area contributed by atoms with Gasteiger partial charge in [-0.1, -0.05) is 18.2 Å². The Balaban J connectivity index is 2.10. The molecule has 2 aromatic carbocycles. The third kappa shape index (κ3) is 4.32. The van der Waals surface area contributed by atoms with E-state index in [1.165, 1.54) is 0 Å². The Hall–Kier alpha value is -2.82. The average Bonchev–Trinajstić information content (AvgIpc) is 2.46. The zero-order valence-corrected chi connectivity index (χ0v) is 13.4. The van der Waals surface area contributed by atoms with Crippen LogP contribution in [0.4, 0.5) is 5.69 Å². The SMILES string of the molecule is Cc1cc(C)cc(O[C@@H](C)C(=O)Nc2ccccc2C(N)=O)c1. The molecule has 0 heterocycles. The molecule has 2 rings (SSSR count). The molecule has 3 N–H and O–H groups in total. The van der Waals surface area contributed by atoms with Crippen molar-refractivity contribution < 1.29 is 14.3 Å². The molecule has 5 heteroatoms. The molecule has 0 fully saturated rings. The summed E-state index contributed by atoms with van der Waals surface area (Å²) in [5.74, 6) is -0.310. The van der Waals surface area contributed by atoms with Gasteiger partial charge in [0.2, 0.25) is 0 Å². The highest BCUT2D eigenvalue weighted by Gasteiger charge is 2.17. The topological polar surface area (TPSA) is 81.4 Å². The molecule has 0 aliphatic rings. The molecule has 0 spiro atoms. The van der Waals surface area contributed by atoms with Crippen molar-refractivity contribution in [3.05, 3.63) is 59.2 Å². The lowest BCUT2D eigenvalue weighted by Gasteiger charge is -2.16. The van der Waals surface area contributed by atoms with E-state index in [-0.39, 0.29) is 11.5 Å². The normalized spacial score (nSPS) is 11.6. The highest BCUT2D eigenvalue weighted by atomic mass is 16.5. The maximum atomic E-state index is 12.3. The van der Waals surface area contributed by atoms with E-state index in [1.54, 1.807) is 31.2 Å². The summed E-state index contributed by atoms with van der Waals surface area (Å²) in [6.45, 7) is 5.58. The van der Waals surface area contributed by atoms with E-state index < -0.39 is 12.0 Å². The van der Waals surface area contributed by atoms with Gasteiger partial charge in [-0.2, -0.15) is 0 Å². The molecular weight excluding hydrogens is 292 g/mol. The minimum atomic E-state index is -0.711. The first kappa shape index (κ1) is 16.5. The van der Waals surface area contributed by atoms with Crippen LogP contribution in [-0.4, -0.2) is 17.9 Å². The number of para-hydroxylation sites is 1. The molecule has 0 unspecified atom stereocenters. The van der Waals surface area contributed by atoms with Crippen molar-refractivity contribution in [3.63, 3.8) is 0 Å². The highest BCUT2D eigenvalue weighted by molar-refractivity contribution is 6.03. The van der Waals surface area contributed by atoms with Crippen molar-refractivity contribution in [3.8, 4) is 5.75 Å². The number of carbonyl (C=O) groups is 2. The molecule has 0 aromatic heterocycles. The quantitative estimate of drug-likeness (QED) is 0.890. The fourth-order valence-electron chi connectivity index (χ4n) is 2.30. The second-order valence-electron chi connectivity index (χ2n) is 5.48. The maximum absolute atomic E-state index is 12.3. The predicted octanol–water partition coefficient (Wildman–Crippen LogP) is 2.81. The summed E-state index contributed by atoms with van der Waals surface area (Å²) in [6.07, 6.45) is -0.711. The van der Waals surface area contributed by atoms with Gasteiger partial charge < -0.3 is 15.8 Å². The minimum absolute atomic E-state index is 0.263. The van der Waals surface area contributed by atoms with Crippen LogP contribution in [0.3, 0.4) is 0 Å². The summed E-state index contributed by atoms with van der Waals surface area (Å²) in [7, 11) is 0. The molecule has 1 atom stereocenters. The van der Waals surface area contributed by atoms with Crippen LogP contribution < -0.4 is 15.8 Å². The Kier molecular flexibility index (Phi) is 5.01. The first-order chi connectivity index (χ1) is 10.9. The highest BCUT2D eigenvalue weighted by Crippen LogP contribution is 2.19. The Morgan fingerprint density at radius 2 is 1.70 bits per heavy atom. The molecular formula is C18H20N2O3. The van der Waals surface area contributed by atoms with Gasteiger partial charge in [-0.15, -0.1) is 0 Å². The molecule has 0 aliphatic carbocycles. The van der Waals surface area contributed by atoms with Crippen molar-refractivity contribution in [2.45, 2.75) is 26.9 Å². The summed E-state index contributed by atoms with van der Waals surface area (Å²) < 4.78 is 5.68. The lowest BCUT2D eigenvalue weighted by molar-refractivity contribution is -0.122. The second kappa shape index (κ2) is 6.96. The third-order valence-electron chi connectivity index (χ3n) is 3.33. The molecule has 0 bridgehead atoms. The number of primary amides is 1. The molecule has 2 aromatic rings. The number of hydrogen-bond acceptors (Lipinski definition) is 3. The fraction of sp³-hybridized carbons (Fsp3) is 0.222. The Morgan fingerprint density at radius 3 is 2.30 bits per heavy atom. The molecule has 0 aliphatic heterocycles. The van der Waals surface area contributed by atoms with Gasteiger partial charge in [-0.05, 0) is 56.2 Å². The van der Waals surface area contributed by atoms with Crippen molar-refractivity contribution in [2.75, 3.05) is 5.32 Å². The predicted molar refractivity (Wildman–Crippen MR) is 89.6 cm³/mol. The van der Waals surface area contributed by atoms with Gasteiger partial charge in [-0.3, -0.25) is 9.59 Å². The summed E-state index contributed by atoms with van der Waals surface area (Å²) in [6, 6.07) is 12.4. The number of anilines is 1. The number of aryl methyl sites for hydroxylation is 2. The fourth-order valence-corrected chi connectivity index (χ4v) is 2.30. The van der Waals surface area contributed by atoms with E-state index >= 15 is 0 Å². The summed E-state index contributed by atoms with van der Waals surface area (Å²) >= 11 is 0. The number of hydrogen-bond donors (Lipinski definition) is 2. The smallest absolute Gasteiger partial charge is 0.265 e. The first-order valence-corrected chi connectivity index (χ1v) is 7.31. The van der Waals surface area contributed by atoms with Crippen LogP contribution in [0.25, 0.3) is 0 Å². The molecule has 23 heavy (non-hydrogen) atoms. The minimum Gasteiger partial charge on any atom is -0.481 e. The summed E-state index contributed by atoms with van der Waals surface area (Å²) in [4.78, 5) is 23.7. The number of ether oxygens (including phenoxy) is 1. The van der Waals surface area contributed by atoms with Gasteiger partial charge in [0, 0.05) is 0 Å². The van der Waals surface area contributed by atoms with E-state index in [0.29, 0.717) is 11.4 Å². The Labute approximate surface area is 135 Å². The summed E-state index contributed by atoms with van der Waals surface area (Å²) in [5.41, 5.74) is 8.06. The van der Waals surface area contributed by atoms with Gasteiger partial charge in [-0.25, -0.2) is 0 Å². The molecule has 5 nitrogen and oxygen atoms in total. The van der Waals surface area contributed by atoms with Gasteiger partial charge in [0.1, 0.15) is 5.75 Å². The maximum Gasteiger partial charge on any atom is 0.265 e. The molecule has 120 valence electrons. The van der Waals surface area contributed by atoms with Crippen LogP contribution in [0, 0.1) is 13.8 Å². The number of nitrogens with two attached hydrogens (primary N) is 1. The van der Waals surface area contributed by atoms with E-state index in [4.69, 9.17) is 10.5 Å². The molecule has 0 saturated heterocycles. The van der Waals surface area contributed by atoms with Gasteiger partial charge in [0.15, 0.2) is 6.10 Å². The van der Waals surface area contributed by atoms with E-state index in [1.807, 2.05) is 32.0 Å². The van der Waals surface area contributed by atoms with Crippen molar-refractivity contribution in [2.24, 2.45) is 5.73 Å². The zero-order chi connectivity index (χ0) is 17.0. The molecule has 0 radical (unpaired) electrons. The molecule has 2 amide bonds. The zero-order valence-electron chi connectivity index (χ0n) is 13.4. The van der Waals surface area contributed by atoms with Crippen molar-refractivity contribution >= 4 is 17.5 Å². The van der Waals surface area contributed by atoms with Crippen LogP contribution in [0.2, 0.25) is 0 Å². The standard InChI is InChI=1S/C18H20N2O3/c1-11-8-12(2)10-14(9-11)23-13(3)18(22)20-16-7-5-4-6-15(16)17(19)21/h4-10,13H,1-3H3,(H2,19,21)(H,20,22)/t13-/m0/s1. The van der Waals surface area contributed by atoms with Crippen LogP contribution in [-0.2, 0) is 4.79 Å². The van der Waals surface area contributed by atoms with Crippen LogP contribution in [0.1, 0.15) is 28.4 Å². The average molecular weight is 312 g/mol. The van der Waals surface area contributed by atoms with Crippen LogP contribution in [0.5, 0.6) is 5.75 Å². The lowest BCUT2D eigenvalue weighted by Crippen LogP contribution is -2.31. The summed E-state index contributed by atoms with van der Waals surface area (Å²) in [5, 5.41) is 2.68. The van der Waals surface area contributed by atoms with Crippen LogP contribution >= 0.6 is 0 Å². The number of benzene rings is 2. The number of amides is 2. The van der Waals surface area contributed by atoms with Gasteiger partial charge in [0.25, 0.3) is 11.8 Å². The van der Waals surface area contributed by atoms with E-state index in [0.717, 1.165) is 11.1 Å². The number of carbonyl (C=O) groups excluding carboxylic acids is 2. The first-order valence-electron chi connectivity index (χ1n) is 7.31. The number of rotatable bonds is 5. The Bertz CT molecular complexity index is 721. The van der Waals surface area contributed by atoms with E-state index in [9.17, 15) is 9.59 Å². The lowest BCUT2D eigenvalue weighted by atomic mass is 10.1. The number of nitrogens with one attached hydrogen (secondary N) is 1. The largest absolute Gasteiger partial charge is 0.481 e. The molecule has 0 saturated carbocycles. The van der Waals surface area contributed by atoms with Crippen molar-refractivity contribution in [1.82, 2.24) is 0 Å². The monoisotopic (exact) mass is 312 g/mol.